The third-order valence-corrected chi connectivity index (χ3v) is 48.9. The van der Waals surface area contributed by atoms with Gasteiger partial charge < -0.3 is 87.3 Å². The smallest absolute Gasteiger partial charge is 0.497 e. The number of methoxy groups -OCH3 is 8. The minimum Gasteiger partial charge on any atom is -0.497 e. The van der Waals surface area contributed by atoms with Crippen molar-refractivity contribution in [2.24, 2.45) is 0 Å². The lowest BCUT2D eigenvalue weighted by Crippen LogP contribution is -2.96. The van der Waals surface area contributed by atoms with Gasteiger partial charge in [0.2, 0.25) is 0 Å². The second-order valence-electron chi connectivity index (χ2n) is 19.5. The fourth-order valence-corrected chi connectivity index (χ4v) is 56.3. The molecule has 0 aliphatic carbocycles. The van der Waals surface area contributed by atoms with Gasteiger partial charge >= 0.3 is 70.4 Å². The summed E-state index contributed by atoms with van der Waals surface area (Å²) in [7, 11) is -28.3. The lowest BCUT2D eigenvalue weighted by Gasteiger charge is -2.62. The number of ether oxygens (including phenoxy) is 8. The molecule has 8 aromatic rings. The van der Waals surface area contributed by atoms with E-state index in [1.165, 1.54) is 0 Å². The first-order chi connectivity index (χ1) is 40.8. The molecule has 14 rings (SSSR count). The first kappa shape index (κ1) is 56.5. The van der Waals surface area contributed by atoms with E-state index in [1.54, 1.807) is 154 Å². The van der Waals surface area contributed by atoms with Gasteiger partial charge in [0, 0.05) is 41.5 Å². The summed E-state index contributed by atoms with van der Waals surface area (Å²) in [5.41, 5.74) is 0. The summed E-state index contributed by atoms with van der Waals surface area (Å²) in [4.78, 5) is 0. The van der Waals surface area contributed by atoms with Gasteiger partial charge in [-0.3, -0.25) is 0 Å². The predicted molar refractivity (Wildman–Crippen MR) is 320 cm³/mol. The van der Waals surface area contributed by atoms with Crippen LogP contribution in [-0.2, 0) is 49.4 Å². The molecule has 6 aliphatic heterocycles. The average molecular weight is 1270 g/mol. The molecule has 6 fully saturated rings. The molecule has 8 bridgehead atoms. The average Bonchev–Trinajstić information content (AvgIpc) is 0.703. The van der Waals surface area contributed by atoms with Crippen molar-refractivity contribution in [3.8, 4) is 46.0 Å². The molecule has 20 nitrogen and oxygen atoms in total. The summed E-state index contributed by atoms with van der Waals surface area (Å²) < 4.78 is 146. The molecule has 0 unspecified atom stereocenters. The Morgan fingerprint density at radius 2 is 0.238 bits per heavy atom. The Labute approximate surface area is 493 Å². The third-order valence-electron chi connectivity index (χ3n) is 14.8. The van der Waals surface area contributed by atoms with Gasteiger partial charge in [0.1, 0.15) is 46.0 Å². The van der Waals surface area contributed by atoms with Crippen LogP contribution in [0.5, 0.6) is 46.0 Å². The Bertz CT molecular complexity index is 2860. The molecule has 0 spiro atoms. The Morgan fingerprint density at radius 3 is 0.310 bits per heavy atom. The highest BCUT2D eigenvalue weighted by Gasteiger charge is 2.86. The summed E-state index contributed by atoms with van der Waals surface area (Å²) in [5, 5.41) is 3.15. The Morgan fingerprint density at radius 1 is 0.155 bits per heavy atom. The normalized spacial score (nSPS) is 29.2. The lowest BCUT2D eigenvalue weighted by atomic mass is 10.3. The minimum atomic E-state index is -5.11. The molecule has 84 heavy (non-hydrogen) atoms. The van der Waals surface area contributed by atoms with Crippen molar-refractivity contribution < 1.29 is 87.3 Å². The maximum atomic E-state index is 8.28. The van der Waals surface area contributed by atoms with E-state index in [0.29, 0.717) is 87.5 Å². The van der Waals surface area contributed by atoms with E-state index in [-0.39, 0.29) is 0 Å². The fraction of sp³-hybridized carbons (Fsp3) is 0.143. The number of hydrogen-bond donors (Lipinski definition) is 0. The summed E-state index contributed by atoms with van der Waals surface area (Å²) in [6.45, 7) is 0. The van der Waals surface area contributed by atoms with Gasteiger partial charge in [-0.05, 0) is 97.1 Å². The zero-order chi connectivity index (χ0) is 58.0. The van der Waals surface area contributed by atoms with Gasteiger partial charge in [0.05, 0.1) is 56.9 Å². The highest BCUT2D eigenvalue weighted by Crippen LogP contribution is 2.49. The van der Waals surface area contributed by atoms with Crippen LogP contribution < -0.4 is 79.4 Å². The predicted octanol–water partition coefficient (Wildman–Crippen LogP) is 3.09. The van der Waals surface area contributed by atoms with Crippen molar-refractivity contribution in [3.05, 3.63) is 194 Å². The Balaban J connectivity index is 1.26. The van der Waals surface area contributed by atoms with Crippen molar-refractivity contribution in [2.75, 3.05) is 56.9 Å². The molecule has 0 atom stereocenters. The first-order valence-corrected chi connectivity index (χ1v) is 40.2. The van der Waals surface area contributed by atoms with E-state index in [9.17, 15) is 0 Å². The van der Waals surface area contributed by atoms with Crippen LogP contribution >= 0.6 is 0 Å². The van der Waals surface area contributed by atoms with Crippen LogP contribution in [-0.4, -0.2) is 127 Å². The third kappa shape index (κ3) is 9.52. The fourth-order valence-electron chi connectivity index (χ4n) is 10.4. The molecule has 0 radical (unpaired) electrons. The second-order valence-corrected chi connectivity index (χ2v) is 42.8. The van der Waals surface area contributed by atoms with Crippen LogP contribution in [0.25, 0.3) is 0 Å². The van der Waals surface area contributed by atoms with Crippen LogP contribution in [0.15, 0.2) is 194 Å². The summed E-state index contributed by atoms with van der Waals surface area (Å²) in [6, 6.07) is 57.5. The van der Waals surface area contributed by atoms with E-state index >= 15 is 0 Å². The van der Waals surface area contributed by atoms with Crippen LogP contribution in [0.2, 0.25) is 0 Å². The summed E-state index contributed by atoms with van der Waals surface area (Å²) in [6.07, 6.45) is 0. The van der Waals surface area contributed by atoms with Crippen molar-refractivity contribution in [1.29, 1.82) is 0 Å². The van der Waals surface area contributed by atoms with Gasteiger partial charge in [0.15, 0.2) is 0 Å². The molecule has 6 saturated heterocycles. The van der Waals surface area contributed by atoms with Gasteiger partial charge in [-0.15, -0.1) is 0 Å². The van der Waals surface area contributed by atoms with Crippen LogP contribution in [0.3, 0.4) is 0 Å². The molecule has 6 aliphatic rings. The van der Waals surface area contributed by atoms with Gasteiger partial charge in [-0.1, -0.05) is 97.1 Å². The quantitative estimate of drug-likeness (QED) is 0.129. The molecular weight excluding hydrogens is 1220 g/mol. The van der Waals surface area contributed by atoms with E-state index in [1.807, 2.05) is 97.1 Å². The topological polar surface area (TPSA) is 185 Å². The van der Waals surface area contributed by atoms with Crippen molar-refractivity contribution in [3.63, 3.8) is 0 Å². The first-order valence-electron chi connectivity index (χ1n) is 26.4. The van der Waals surface area contributed by atoms with Crippen molar-refractivity contribution >= 4 is 112 Å². The summed E-state index contributed by atoms with van der Waals surface area (Å²) >= 11 is 0. The second kappa shape index (κ2) is 21.7. The maximum Gasteiger partial charge on any atom is 0.515 e. The van der Waals surface area contributed by atoms with Crippen LogP contribution in [0.4, 0.5) is 0 Å². The van der Waals surface area contributed by atoms with Crippen LogP contribution in [0.1, 0.15) is 0 Å². The van der Waals surface area contributed by atoms with Gasteiger partial charge in [-0.25, -0.2) is 0 Å². The Hall–Kier alpha value is -6.58. The molecule has 0 saturated carbocycles. The highest BCUT2D eigenvalue weighted by atomic mass is 28.6. The van der Waals surface area contributed by atoms with E-state index in [2.05, 4.69) is 0 Å². The monoisotopic (exact) mass is 1270 g/mol. The standard InChI is InChI=1S/C56H56O20Si8/c1-57-41-9-25-49(26-10-41)77-65-78(50-27-11-42(58-2)12-28-50)68-81(53-33-17-45(61-5)18-34-53)70-79(66-77,51-29-13-43(59-3)14-30-51)72-83(55-37-21-47(63-7)22-38-55)73-80(67-77,52-31-15-44(60-4)16-32-52)71-82(69-78,54-35-19-46(62-6)20-36-54)75-84(74-81,76-83)56-39-23-48(64-8)24-40-56/h9-40H,1-8H3. The molecule has 8 aromatic carbocycles. The molecule has 432 valence electrons. The van der Waals surface area contributed by atoms with E-state index in [4.69, 9.17) is 87.3 Å². The molecule has 0 N–H and O–H groups in total. The van der Waals surface area contributed by atoms with Crippen molar-refractivity contribution in [2.45, 2.75) is 0 Å². The van der Waals surface area contributed by atoms with Gasteiger partial charge in [0.25, 0.3) is 0 Å². The van der Waals surface area contributed by atoms with Crippen LogP contribution in [0, 0.1) is 0 Å². The molecule has 0 aromatic heterocycles. The molecular formula is C56H56O20Si8. The maximum absolute atomic E-state index is 8.28. The highest BCUT2D eigenvalue weighted by molar-refractivity contribution is 7.14. The Kier molecular flexibility index (Phi) is 14.6. The van der Waals surface area contributed by atoms with Crippen molar-refractivity contribution in [1.82, 2.24) is 0 Å². The number of hydrogen-bond acceptors (Lipinski definition) is 20. The molecule has 0 amide bonds. The zero-order valence-electron chi connectivity index (χ0n) is 46.6. The minimum absolute atomic E-state index is 0.394. The van der Waals surface area contributed by atoms with Gasteiger partial charge in [-0.2, -0.15) is 0 Å². The van der Waals surface area contributed by atoms with E-state index < -0.39 is 70.4 Å². The number of benzene rings is 8. The largest absolute Gasteiger partial charge is 0.515 e. The lowest BCUT2D eigenvalue weighted by molar-refractivity contribution is -0.00296. The molecule has 28 heteroatoms. The summed E-state index contributed by atoms with van der Waals surface area (Å²) in [5.74, 6) is 4.21. The zero-order valence-corrected chi connectivity index (χ0v) is 54.6. The SMILES string of the molecule is COc1ccc([Si]23O[Si]4(c5ccc(OC)cc5)O[Si]5(c6ccc(OC)cc6)O[Si](c6ccc(OC)cc6)(O2)O[Si]2(c6ccc(OC)cc6)O[Si](c6ccc(OC)cc6)(O3)O[Si](c3ccc(OC)cc3)(O4)O[Si](c3ccc(OC)cc3)(O5)O2)cc1. The molecule has 6 heterocycles. The van der Waals surface area contributed by atoms with E-state index in [0.717, 1.165) is 0 Å². The number of rotatable bonds is 16.